The first kappa shape index (κ1) is 24.7. The third kappa shape index (κ3) is 12.8. The van der Waals surface area contributed by atoms with Crippen molar-refractivity contribution in [3.05, 3.63) is 29.8 Å². The molecule has 88 valence electrons. The summed E-state index contributed by atoms with van der Waals surface area (Å²) in [7, 11) is -1.36. The van der Waals surface area contributed by atoms with Crippen molar-refractivity contribution < 1.29 is 128 Å². The summed E-state index contributed by atoms with van der Waals surface area (Å²) in [5.41, 5.74) is 1.75. The molecule has 0 amide bonds. The van der Waals surface area contributed by atoms with Crippen LogP contribution in [0.1, 0.15) is 25.3 Å². The van der Waals surface area contributed by atoms with Gasteiger partial charge in [0.25, 0.3) is 0 Å². The SMILES string of the molecule is CC(C)c1ccc(B(O)O)cc1.O=C([O-])[O-].[K+].[K+]. The van der Waals surface area contributed by atoms with E-state index in [2.05, 4.69) is 13.8 Å². The van der Waals surface area contributed by atoms with Crippen LogP contribution >= 0.6 is 0 Å². The van der Waals surface area contributed by atoms with Gasteiger partial charge in [-0.2, -0.15) is 0 Å². The Bertz CT molecular complexity index is 299. The quantitative estimate of drug-likeness (QED) is 0.528. The Morgan fingerprint density at radius 1 is 1.11 bits per heavy atom. The Morgan fingerprint density at radius 3 is 1.67 bits per heavy atom. The van der Waals surface area contributed by atoms with Crippen LogP contribution in [0.25, 0.3) is 0 Å². The molecule has 0 spiro atoms. The fraction of sp³-hybridized carbons (Fsp3) is 0.300. The molecule has 0 bridgehead atoms. The second kappa shape index (κ2) is 13.7. The summed E-state index contributed by atoms with van der Waals surface area (Å²) in [5, 5.41) is 34.3. The van der Waals surface area contributed by atoms with Gasteiger partial charge in [-0.3, -0.25) is 0 Å². The average Bonchev–Trinajstić information content (AvgIpc) is 2.17. The monoisotopic (exact) mass is 302 g/mol. The zero-order valence-corrected chi connectivity index (χ0v) is 17.3. The fourth-order valence-corrected chi connectivity index (χ4v) is 1.05. The topological polar surface area (TPSA) is 104 Å². The van der Waals surface area contributed by atoms with Crippen LogP contribution in [0, 0.1) is 0 Å². The van der Waals surface area contributed by atoms with Crippen LogP contribution in [0.4, 0.5) is 4.79 Å². The molecule has 8 heteroatoms. The molecule has 0 atom stereocenters. The van der Waals surface area contributed by atoms with Crippen molar-refractivity contribution in [1.82, 2.24) is 0 Å². The Kier molecular flexibility index (Phi) is 18.9. The zero-order chi connectivity index (χ0) is 12.7. The fourth-order valence-electron chi connectivity index (χ4n) is 1.05. The van der Waals surface area contributed by atoms with Gasteiger partial charge in [-0.1, -0.05) is 38.1 Å². The summed E-state index contributed by atoms with van der Waals surface area (Å²) in [6.45, 7) is 4.20. The molecule has 0 radical (unpaired) electrons. The Labute approximate surface area is 192 Å². The summed E-state index contributed by atoms with van der Waals surface area (Å²) in [6.07, 6.45) is -2.33. The van der Waals surface area contributed by atoms with Crippen molar-refractivity contribution in [1.29, 1.82) is 0 Å². The molecule has 18 heavy (non-hydrogen) atoms. The van der Waals surface area contributed by atoms with Crippen LogP contribution in [0.5, 0.6) is 0 Å². The van der Waals surface area contributed by atoms with E-state index in [-0.39, 0.29) is 103 Å². The van der Waals surface area contributed by atoms with Gasteiger partial charge in [-0.15, -0.1) is 0 Å². The normalized spacial score (nSPS) is 8.28. The van der Waals surface area contributed by atoms with E-state index < -0.39 is 13.3 Å². The minimum Gasteiger partial charge on any atom is -0.652 e. The summed E-state index contributed by atoms with van der Waals surface area (Å²) >= 11 is 0. The minimum absolute atomic E-state index is 0. The predicted octanol–water partition coefficient (Wildman–Crippen LogP) is -7.95. The molecule has 5 nitrogen and oxygen atoms in total. The Morgan fingerprint density at radius 2 is 1.44 bits per heavy atom. The van der Waals surface area contributed by atoms with Crippen molar-refractivity contribution in [3.8, 4) is 0 Å². The molecule has 0 fully saturated rings. The molecule has 2 N–H and O–H groups in total. The van der Waals surface area contributed by atoms with Crippen molar-refractivity contribution in [2.24, 2.45) is 0 Å². The summed E-state index contributed by atoms with van der Waals surface area (Å²) in [4.78, 5) is 8.33. The minimum atomic E-state index is -2.33. The van der Waals surface area contributed by atoms with E-state index in [1.165, 1.54) is 5.56 Å². The molecule has 0 aliphatic rings. The van der Waals surface area contributed by atoms with E-state index >= 15 is 0 Å². The van der Waals surface area contributed by atoms with Crippen LogP contribution in [0.2, 0.25) is 0 Å². The van der Waals surface area contributed by atoms with E-state index in [1.807, 2.05) is 12.1 Å². The Balaban J connectivity index is -0.000000332. The van der Waals surface area contributed by atoms with Gasteiger partial charge in [-0.25, -0.2) is 0 Å². The molecule has 1 rings (SSSR count). The molecular weight excluding hydrogens is 289 g/mol. The molecule has 0 saturated heterocycles. The number of carbonyl (C=O) groups excluding carboxylic acids is 1. The number of carboxylic acid groups (broad SMARTS) is 2. The largest absolute Gasteiger partial charge is 1.00 e. The predicted molar refractivity (Wildman–Crippen MR) is 55.8 cm³/mol. The van der Waals surface area contributed by atoms with Crippen LogP contribution in [-0.2, 0) is 0 Å². The summed E-state index contributed by atoms with van der Waals surface area (Å²) in [5.74, 6) is 0.481. The van der Waals surface area contributed by atoms with Gasteiger partial charge in [0.15, 0.2) is 0 Å². The molecule has 0 aliphatic heterocycles. The van der Waals surface area contributed by atoms with Gasteiger partial charge in [0, 0.05) is 0 Å². The van der Waals surface area contributed by atoms with Gasteiger partial charge < -0.3 is 25.1 Å². The van der Waals surface area contributed by atoms with Crippen molar-refractivity contribution in [2.45, 2.75) is 19.8 Å². The standard InChI is InChI=1S/C9H13BO2.CH2O3.2K/c1-7(2)8-3-5-9(6-4-8)10(11)12;2-1(3)4;;/h3-7,11-12H,1-2H3;(H2,2,3,4);;/q;;2*+1/p-2. The number of hydrogen-bond donors (Lipinski definition) is 2. The van der Waals surface area contributed by atoms with E-state index in [0.29, 0.717) is 11.4 Å². The second-order valence-electron chi connectivity index (χ2n) is 3.45. The van der Waals surface area contributed by atoms with Crippen molar-refractivity contribution in [3.63, 3.8) is 0 Å². The smallest absolute Gasteiger partial charge is 0.652 e. The van der Waals surface area contributed by atoms with E-state index in [0.717, 1.165) is 0 Å². The molecule has 0 aliphatic carbocycles. The second-order valence-corrected chi connectivity index (χ2v) is 3.45. The summed E-state index contributed by atoms with van der Waals surface area (Å²) < 4.78 is 0. The summed E-state index contributed by atoms with van der Waals surface area (Å²) in [6, 6.07) is 7.30. The third-order valence-corrected chi connectivity index (χ3v) is 1.90. The van der Waals surface area contributed by atoms with Gasteiger partial charge in [0.05, 0.1) is 0 Å². The maximum Gasteiger partial charge on any atom is 1.00 e. The van der Waals surface area contributed by atoms with Crippen molar-refractivity contribution in [2.75, 3.05) is 0 Å². The first-order valence-electron chi connectivity index (χ1n) is 4.68. The zero-order valence-electron chi connectivity index (χ0n) is 11.1. The average molecular weight is 302 g/mol. The van der Waals surface area contributed by atoms with E-state index in [4.69, 9.17) is 25.1 Å². The van der Waals surface area contributed by atoms with Crippen molar-refractivity contribution >= 4 is 18.7 Å². The van der Waals surface area contributed by atoms with E-state index in [1.54, 1.807) is 12.1 Å². The van der Waals surface area contributed by atoms with Gasteiger partial charge in [0.1, 0.15) is 0 Å². The van der Waals surface area contributed by atoms with Gasteiger partial charge in [0.2, 0.25) is 0 Å². The first-order valence-corrected chi connectivity index (χ1v) is 4.68. The third-order valence-electron chi connectivity index (χ3n) is 1.90. The molecule has 0 unspecified atom stereocenters. The maximum atomic E-state index is 8.81. The van der Waals surface area contributed by atoms with Gasteiger partial charge in [-0.05, 0) is 23.1 Å². The van der Waals surface area contributed by atoms with Crippen LogP contribution in [-0.4, -0.2) is 23.3 Å². The number of carbonyl (C=O) groups is 1. The molecule has 0 aromatic heterocycles. The van der Waals surface area contributed by atoms with Crippen LogP contribution in [0.15, 0.2) is 24.3 Å². The number of benzene rings is 1. The molecule has 1 aromatic rings. The maximum absolute atomic E-state index is 8.81. The van der Waals surface area contributed by atoms with E-state index in [9.17, 15) is 0 Å². The first-order chi connectivity index (χ1) is 7.34. The molecule has 0 saturated carbocycles. The van der Waals surface area contributed by atoms with Crippen LogP contribution < -0.4 is 118 Å². The number of hydrogen-bond acceptors (Lipinski definition) is 5. The molecule has 0 heterocycles. The molecular formula is C10H13BK2O5. The van der Waals surface area contributed by atoms with Gasteiger partial charge >= 0.3 is 110 Å². The van der Waals surface area contributed by atoms with Crippen LogP contribution in [0.3, 0.4) is 0 Å². The molecule has 1 aromatic carbocycles. The Hall–Kier alpha value is 1.75. The number of rotatable bonds is 2.